The average molecular weight is 140 g/mol. The molecule has 0 amide bonds. The third kappa shape index (κ3) is 3.48. The lowest BCUT2D eigenvalue weighted by molar-refractivity contribution is 0.420. The van der Waals surface area contributed by atoms with Crippen molar-refractivity contribution >= 4 is 7.12 Å². The third-order valence-electron chi connectivity index (χ3n) is 1.10. The van der Waals surface area contributed by atoms with Crippen LogP contribution in [-0.2, 0) is 0 Å². The molecular formula is C7H13BO2. The number of rotatable bonds is 3. The highest BCUT2D eigenvalue weighted by atomic mass is 16.4. The first-order valence-electron chi connectivity index (χ1n) is 3.41. The van der Waals surface area contributed by atoms with Gasteiger partial charge in [-0.15, -0.1) is 0 Å². The normalized spacial score (nSPS) is 12.6. The average Bonchev–Trinajstić information content (AvgIpc) is 1.87. The van der Waals surface area contributed by atoms with Crippen molar-refractivity contribution in [2.24, 2.45) is 0 Å². The summed E-state index contributed by atoms with van der Waals surface area (Å²) in [4.78, 5) is 0. The number of hydrogen-bond donors (Lipinski definition) is 2. The highest BCUT2D eigenvalue weighted by molar-refractivity contribution is 6.51. The molecule has 0 saturated heterocycles. The Morgan fingerprint density at radius 2 is 2.10 bits per heavy atom. The lowest BCUT2D eigenvalue weighted by Gasteiger charge is -1.97. The summed E-state index contributed by atoms with van der Waals surface area (Å²) < 4.78 is 0. The Morgan fingerprint density at radius 3 is 2.40 bits per heavy atom. The van der Waals surface area contributed by atoms with Crippen molar-refractivity contribution in [3.63, 3.8) is 0 Å². The molecule has 0 spiro atoms. The van der Waals surface area contributed by atoms with Crippen molar-refractivity contribution in [1.29, 1.82) is 0 Å². The summed E-state index contributed by atoms with van der Waals surface area (Å²) >= 11 is 0. The molecule has 0 heterocycles. The molecule has 0 unspecified atom stereocenters. The summed E-state index contributed by atoms with van der Waals surface area (Å²) in [6, 6.07) is 0. The predicted molar refractivity (Wildman–Crippen MR) is 43.4 cm³/mol. The van der Waals surface area contributed by atoms with E-state index in [9.17, 15) is 0 Å². The fourth-order valence-electron chi connectivity index (χ4n) is 0.688. The molecule has 10 heavy (non-hydrogen) atoms. The third-order valence-corrected chi connectivity index (χ3v) is 1.10. The van der Waals surface area contributed by atoms with E-state index in [1.54, 1.807) is 18.2 Å². The Balaban J connectivity index is 4.11. The van der Waals surface area contributed by atoms with Gasteiger partial charge < -0.3 is 10.0 Å². The lowest BCUT2D eigenvalue weighted by atomic mass is 9.78. The van der Waals surface area contributed by atoms with E-state index in [4.69, 9.17) is 10.0 Å². The molecule has 2 nitrogen and oxygen atoms in total. The van der Waals surface area contributed by atoms with E-state index < -0.39 is 7.12 Å². The lowest BCUT2D eigenvalue weighted by Crippen LogP contribution is -2.13. The zero-order chi connectivity index (χ0) is 7.98. The van der Waals surface area contributed by atoms with Crippen LogP contribution < -0.4 is 0 Å². The number of allylic oxidation sites excluding steroid dienone is 4. The first-order chi connectivity index (χ1) is 4.72. The molecule has 0 aliphatic rings. The van der Waals surface area contributed by atoms with Crippen LogP contribution in [0.1, 0.15) is 20.3 Å². The molecule has 2 N–H and O–H groups in total. The minimum absolute atomic E-state index is 0.560. The van der Waals surface area contributed by atoms with Gasteiger partial charge in [0, 0.05) is 0 Å². The van der Waals surface area contributed by atoms with E-state index in [0.717, 1.165) is 6.42 Å². The van der Waals surface area contributed by atoms with Gasteiger partial charge in [0.25, 0.3) is 0 Å². The summed E-state index contributed by atoms with van der Waals surface area (Å²) in [5, 5.41) is 17.4. The smallest absolute Gasteiger partial charge is 0.423 e. The molecule has 0 radical (unpaired) electrons. The van der Waals surface area contributed by atoms with Gasteiger partial charge in [-0.3, -0.25) is 0 Å². The van der Waals surface area contributed by atoms with Crippen LogP contribution >= 0.6 is 0 Å². The molecule has 0 aromatic rings. The van der Waals surface area contributed by atoms with Crippen LogP contribution in [0, 0.1) is 0 Å². The standard InChI is InChI=1S/C7H13BO2/c1-3-5-7(6-4-2)8(9)10/h3,5-6,9-10H,4H2,1-2H3. The fourth-order valence-corrected chi connectivity index (χ4v) is 0.688. The van der Waals surface area contributed by atoms with Crippen molar-refractivity contribution < 1.29 is 10.0 Å². The van der Waals surface area contributed by atoms with Crippen molar-refractivity contribution in [1.82, 2.24) is 0 Å². The van der Waals surface area contributed by atoms with Gasteiger partial charge in [-0.2, -0.15) is 0 Å². The van der Waals surface area contributed by atoms with Gasteiger partial charge in [-0.25, -0.2) is 0 Å². The highest BCUT2D eigenvalue weighted by Gasteiger charge is 2.09. The Labute approximate surface area is 62.0 Å². The van der Waals surface area contributed by atoms with Crippen molar-refractivity contribution in [2.75, 3.05) is 0 Å². The second-order valence-electron chi connectivity index (χ2n) is 1.99. The second-order valence-corrected chi connectivity index (χ2v) is 1.99. The van der Waals surface area contributed by atoms with E-state index in [1.807, 2.05) is 13.8 Å². The van der Waals surface area contributed by atoms with E-state index >= 15 is 0 Å². The maximum absolute atomic E-state index is 8.71. The molecule has 0 rings (SSSR count). The first-order valence-corrected chi connectivity index (χ1v) is 3.41. The molecule has 0 fully saturated rings. The molecule has 0 aromatic heterocycles. The van der Waals surface area contributed by atoms with Gasteiger partial charge >= 0.3 is 7.12 Å². The van der Waals surface area contributed by atoms with Crippen molar-refractivity contribution in [3.05, 3.63) is 23.7 Å². The Morgan fingerprint density at radius 1 is 1.50 bits per heavy atom. The maximum Gasteiger partial charge on any atom is 0.488 e. The molecule has 0 bridgehead atoms. The Hall–Kier alpha value is -0.535. The minimum Gasteiger partial charge on any atom is -0.423 e. The molecule has 56 valence electrons. The van der Waals surface area contributed by atoms with Crippen molar-refractivity contribution in [3.8, 4) is 0 Å². The van der Waals surface area contributed by atoms with Gasteiger partial charge in [0.05, 0.1) is 0 Å². The first kappa shape index (κ1) is 9.46. The quantitative estimate of drug-likeness (QED) is 0.451. The molecule has 0 aliphatic carbocycles. The molecule has 3 heteroatoms. The van der Waals surface area contributed by atoms with Gasteiger partial charge in [0.1, 0.15) is 0 Å². The van der Waals surface area contributed by atoms with Crippen LogP contribution in [0.25, 0.3) is 0 Å². The van der Waals surface area contributed by atoms with Crippen LogP contribution in [0.3, 0.4) is 0 Å². The maximum atomic E-state index is 8.71. The van der Waals surface area contributed by atoms with Crippen LogP contribution in [-0.4, -0.2) is 17.2 Å². The van der Waals surface area contributed by atoms with Gasteiger partial charge in [-0.05, 0) is 18.8 Å². The van der Waals surface area contributed by atoms with Crippen molar-refractivity contribution in [2.45, 2.75) is 20.3 Å². The Kier molecular flexibility index (Phi) is 4.98. The van der Waals surface area contributed by atoms with Gasteiger partial charge in [-0.1, -0.05) is 25.2 Å². The molecule has 0 atom stereocenters. The highest BCUT2D eigenvalue weighted by Crippen LogP contribution is 1.99. The van der Waals surface area contributed by atoms with Crippen LogP contribution in [0.4, 0.5) is 0 Å². The van der Waals surface area contributed by atoms with E-state index in [1.165, 1.54) is 0 Å². The zero-order valence-electron chi connectivity index (χ0n) is 6.41. The fraction of sp³-hybridized carbons (Fsp3) is 0.429. The molecule has 0 saturated carbocycles. The van der Waals surface area contributed by atoms with Gasteiger partial charge in [0.2, 0.25) is 0 Å². The largest absolute Gasteiger partial charge is 0.488 e. The summed E-state index contributed by atoms with van der Waals surface area (Å²) in [6.45, 7) is 3.79. The molecular weight excluding hydrogens is 127 g/mol. The second kappa shape index (κ2) is 5.27. The summed E-state index contributed by atoms with van der Waals surface area (Å²) in [5.41, 5.74) is 0.560. The monoisotopic (exact) mass is 140 g/mol. The minimum atomic E-state index is -1.34. The van der Waals surface area contributed by atoms with E-state index in [2.05, 4.69) is 0 Å². The SMILES string of the molecule is CC=CC(=CCC)B(O)O. The molecule has 0 aromatic carbocycles. The zero-order valence-corrected chi connectivity index (χ0v) is 6.41. The summed E-state index contributed by atoms with van der Waals surface area (Å²) in [7, 11) is -1.34. The number of hydrogen-bond acceptors (Lipinski definition) is 2. The summed E-state index contributed by atoms with van der Waals surface area (Å²) in [6.07, 6.45) is 6.07. The van der Waals surface area contributed by atoms with Crippen LogP contribution in [0.5, 0.6) is 0 Å². The summed E-state index contributed by atoms with van der Waals surface area (Å²) in [5.74, 6) is 0. The van der Waals surface area contributed by atoms with Crippen LogP contribution in [0.2, 0.25) is 0 Å². The van der Waals surface area contributed by atoms with Crippen LogP contribution in [0.15, 0.2) is 23.7 Å². The van der Waals surface area contributed by atoms with Gasteiger partial charge in [0.15, 0.2) is 0 Å². The van der Waals surface area contributed by atoms with E-state index in [-0.39, 0.29) is 0 Å². The van der Waals surface area contributed by atoms with E-state index in [0.29, 0.717) is 5.47 Å². The Bertz CT molecular complexity index is 139. The predicted octanol–water partition coefficient (Wildman–Crippen LogP) is 0.911. The topological polar surface area (TPSA) is 40.5 Å². The molecule has 0 aliphatic heterocycles.